The minimum Gasteiger partial charge on any atom is -0.440 e. The van der Waals surface area contributed by atoms with E-state index in [4.69, 9.17) is 15.1 Å². The normalized spacial score (nSPS) is 11.7. The number of hydrogen-bond donors (Lipinski definition) is 1. The maximum Gasteiger partial charge on any atom is 0.387 e. The van der Waals surface area contributed by atoms with Gasteiger partial charge in [-0.25, -0.2) is 9.97 Å². The second-order valence-corrected chi connectivity index (χ2v) is 10.4. The third-order valence-corrected chi connectivity index (χ3v) is 7.12. The fourth-order valence-electron chi connectivity index (χ4n) is 4.80. The summed E-state index contributed by atoms with van der Waals surface area (Å²) < 4.78 is 38.0. The Morgan fingerprint density at radius 3 is 2.27 bits per heavy atom. The molecule has 0 radical (unpaired) electrons. The lowest BCUT2D eigenvalue weighted by Crippen LogP contribution is -2.35. The van der Waals surface area contributed by atoms with Crippen LogP contribution in [-0.2, 0) is 10.2 Å². The van der Waals surface area contributed by atoms with Crippen LogP contribution in [0, 0.1) is 20.8 Å². The lowest BCUT2D eigenvalue weighted by molar-refractivity contribution is -0.122. The van der Waals surface area contributed by atoms with Crippen LogP contribution in [0.3, 0.4) is 0 Å². The number of nitrogens with two attached hydrogens (primary N) is 1. The molecule has 5 aromatic rings. The van der Waals surface area contributed by atoms with Gasteiger partial charge in [0, 0.05) is 24.2 Å². The van der Waals surface area contributed by atoms with Gasteiger partial charge in [0.25, 0.3) is 0 Å². The molecule has 2 aromatic heterocycles. The van der Waals surface area contributed by atoms with Crippen molar-refractivity contribution in [1.29, 1.82) is 0 Å². The molecule has 0 aliphatic heterocycles. The SMILES string of the molecule is Cc1cn(-c2ccc(-c3cccc(C(C)(C)C(N)=O)c3)cc2-c2nc(C)oc2-c2ccc(OC(F)F)cc2)c(C)n1. The van der Waals surface area contributed by atoms with Crippen molar-refractivity contribution in [2.75, 3.05) is 0 Å². The van der Waals surface area contributed by atoms with Gasteiger partial charge in [-0.2, -0.15) is 8.78 Å². The van der Waals surface area contributed by atoms with Crippen LogP contribution in [0.15, 0.2) is 77.3 Å². The maximum absolute atomic E-state index is 12.7. The number of hydrogen-bond acceptors (Lipinski definition) is 5. The number of rotatable bonds is 8. The Balaban J connectivity index is 1.69. The molecule has 7 nitrogen and oxygen atoms in total. The van der Waals surface area contributed by atoms with Crippen LogP contribution >= 0.6 is 0 Å². The van der Waals surface area contributed by atoms with Crippen LogP contribution in [0.25, 0.3) is 39.4 Å². The Morgan fingerprint density at radius 1 is 0.951 bits per heavy atom. The molecule has 2 heterocycles. The predicted molar refractivity (Wildman–Crippen MR) is 153 cm³/mol. The monoisotopic (exact) mass is 556 g/mol. The standard InChI is InChI=1S/C32H30F2N4O3/c1-18-17-38(19(2)36-18)27-14-11-23(22-7-6-8-24(15-22)32(4,5)30(35)39)16-26(27)28-29(40-20(3)37-28)21-9-12-25(13-10-21)41-31(33)34/h6-17,31H,1-5H3,(H2,35,39). The van der Waals surface area contributed by atoms with E-state index in [2.05, 4.69) is 9.72 Å². The van der Waals surface area contributed by atoms with Gasteiger partial charge >= 0.3 is 6.61 Å². The quantitative estimate of drug-likeness (QED) is 0.219. The van der Waals surface area contributed by atoms with Gasteiger partial charge in [-0.3, -0.25) is 4.79 Å². The number of alkyl halides is 2. The van der Waals surface area contributed by atoms with E-state index in [9.17, 15) is 13.6 Å². The van der Waals surface area contributed by atoms with Gasteiger partial charge in [-0.1, -0.05) is 30.3 Å². The largest absolute Gasteiger partial charge is 0.440 e. The first kappa shape index (κ1) is 27.8. The van der Waals surface area contributed by atoms with Crippen LogP contribution in [0.2, 0.25) is 0 Å². The van der Waals surface area contributed by atoms with E-state index in [1.54, 1.807) is 32.9 Å². The van der Waals surface area contributed by atoms with E-state index in [0.717, 1.165) is 39.5 Å². The number of ether oxygens (including phenoxy) is 1. The van der Waals surface area contributed by atoms with Gasteiger partial charge in [0.2, 0.25) is 5.91 Å². The molecule has 0 saturated carbocycles. The molecule has 0 saturated heterocycles. The molecular formula is C32H30F2N4O3. The second-order valence-electron chi connectivity index (χ2n) is 10.4. The van der Waals surface area contributed by atoms with Gasteiger partial charge in [-0.05, 0) is 80.8 Å². The van der Waals surface area contributed by atoms with Crippen LogP contribution in [0.5, 0.6) is 5.75 Å². The molecule has 9 heteroatoms. The summed E-state index contributed by atoms with van der Waals surface area (Å²) in [5.74, 6) is 1.37. The third kappa shape index (κ3) is 5.48. The van der Waals surface area contributed by atoms with Crippen molar-refractivity contribution < 1.29 is 22.7 Å². The van der Waals surface area contributed by atoms with Crippen LogP contribution in [-0.4, -0.2) is 27.1 Å². The van der Waals surface area contributed by atoms with Gasteiger partial charge in [0.1, 0.15) is 17.3 Å². The summed E-state index contributed by atoms with van der Waals surface area (Å²) in [7, 11) is 0. The van der Waals surface area contributed by atoms with E-state index >= 15 is 0 Å². The minimum absolute atomic E-state index is 0.0486. The van der Waals surface area contributed by atoms with Crippen LogP contribution in [0.1, 0.15) is 36.8 Å². The van der Waals surface area contributed by atoms with Gasteiger partial charge in [0.15, 0.2) is 11.7 Å². The fourth-order valence-corrected chi connectivity index (χ4v) is 4.80. The second kappa shape index (κ2) is 10.6. The number of aromatic nitrogens is 3. The van der Waals surface area contributed by atoms with E-state index in [1.165, 1.54) is 12.1 Å². The first-order valence-electron chi connectivity index (χ1n) is 13.0. The molecule has 0 atom stereocenters. The lowest BCUT2D eigenvalue weighted by Gasteiger charge is -2.22. The summed E-state index contributed by atoms with van der Waals surface area (Å²) in [5, 5.41) is 0. The number of benzene rings is 3. The summed E-state index contributed by atoms with van der Waals surface area (Å²) in [5.41, 5.74) is 11.2. The minimum atomic E-state index is -2.91. The number of imidazole rings is 1. The zero-order valence-corrected chi connectivity index (χ0v) is 23.4. The molecule has 1 amide bonds. The average Bonchev–Trinajstić information content (AvgIpc) is 3.49. The number of carbonyl (C=O) groups is 1. The highest BCUT2D eigenvalue weighted by Crippen LogP contribution is 2.39. The highest BCUT2D eigenvalue weighted by molar-refractivity contribution is 5.87. The number of carbonyl (C=O) groups excluding carboxylic acids is 1. The molecule has 210 valence electrons. The Bertz CT molecular complexity index is 1740. The van der Waals surface area contributed by atoms with E-state index in [-0.39, 0.29) is 5.75 Å². The molecule has 3 aromatic carbocycles. The van der Waals surface area contributed by atoms with E-state index < -0.39 is 17.9 Å². The zero-order chi connectivity index (χ0) is 29.5. The van der Waals surface area contributed by atoms with E-state index in [1.807, 2.05) is 67.1 Å². The molecular weight excluding hydrogens is 526 g/mol. The summed E-state index contributed by atoms with van der Waals surface area (Å²) in [6, 6.07) is 20.0. The molecule has 0 unspecified atom stereocenters. The van der Waals surface area contributed by atoms with Gasteiger partial charge in [0.05, 0.1) is 16.8 Å². The molecule has 0 fully saturated rings. The highest BCUT2D eigenvalue weighted by atomic mass is 19.3. The summed E-state index contributed by atoms with van der Waals surface area (Å²) in [6.07, 6.45) is 1.95. The van der Waals surface area contributed by atoms with Crippen LogP contribution < -0.4 is 10.5 Å². The van der Waals surface area contributed by atoms with Crippen molar-refractivity contribution in [2.24, 2.45) is 5.73 Å². The molecule has 0 aliphatic carbocycles. The van der Waals surface area contributed by atoms with Crippen molar-refractivity contribution in [3.05, 3.63) is 95.9 Å². The van der Waals surface area contributed by atoms with Crippen LogP contribution in [0.4, 0.5) is 8.78 Å². The molecule has 0 spiro atoms. The number of nitrogens with zero attached hydrogens (tertiary/aromatic N) is 3. The Hall–Kier alpha value is -4.79. The number of oxazole rings is 1. The summed E-state index contributed by atoms with van der Waals surface area (Å²) >= 11 is 0. The smallest absolute Gasteiger partial charge is 0.387 e. The first-order chi connectivity index (χ1) is 19.4. The number of aryl methyl sites for hydroxylation is 3. The van der Waals surface area contributed by atoms with Crippen molar-refractivity contribution in [3.8, 4) is 45.1 Å². The van der Waals surface area contributed by atoms with Crippen molar-refractivity contribution in [1.82, 2.24) is 14.5 Å². The Labute approximate surface area is 236 Å². The molecule has 2 N–H and O–H groups in total. The molecule has 41 heavy (non-hydrogen) atoms. The number of halogens is 2. The number of primary amides is 1. The van der Waals surface area contributed by atoms with E-state index in [0.29, 0.717) is 22.9 Å². The number of amides is 1. The Kier molecular flexibility index (Phi) is 7.21. The van der Waals surface area contributed by atoms with Gasteiger partial charge in [-0.15, -0.1) is 0 Å². The highest BCUT2D eigenvalue weighted by Gasteiger charge is 2.28. The maximum atomic E-state index is 12.7. The third-order valence-electron chi connectivity index (χ3n) is 7.12. The van der Waals surface area contributed by atoms with Gasteiger partial charge < -0.3 is 19.5 Å². The summed E-state index contributed by atoms with van der Waals surface area (Å²) in [6.45, 7) is 6.30. The first-order valence-corrected chi connectivity index (χ1v) is 13.0. The van der Waals surface area contributed by atoms with Crippen molar-refractivity contribution >= 4 is 5.91 Å². The molecule has 0 bridgehead atoms. The summed E-state index contributed by atoms with van der Waals surface area (Å²) in [4.78, 5) is 21.5. The zero-order valence-electron chi connectivity index (χ0n) is 23.4. The molecule has 0 aliphatic rings. The predicted octanol–water partition coefficient (Wildman–Crippen LogP) is 7.15. The lowest BCUT2D eigenvalue weighted by atomic mass is 9.82. The topological polar surface area (TPSA) is 96.2 Å². The molecule has 5 rings (SSSR count). The van der Waals surface area contributed by atoms with Crippen molar-refractivity contribution in [2.45, 2.75) is 46.6 Å². The van der Waals surface area contributed by atoms with Crippen molar-refractivity contribution in [3.63, 3.8) is 0 Å². The average molecular weight is 557 g/mol. The fraction of sp³-hybridized carbons (Fsp3) is 0.219. The Morgan fingerprint density at radius 2 is 1.63 bits per heavy atom.